The van der Waals surface area contributed by atoms with Crippen LogP contribution in [0.2, 0.25) is 0 Å². The van der Waals surface area contributed by atoms with E-state index in [-0.39, 0.29) is 11.7 Å². The average Bonchev–Trinajstić information content (AvgIpc) is 2.92. The lowest BCUT2D eigenvalue weighted by molar-refractivity contribution is -0.115. The molecule has 6 heteroatoms. The van der Waals surface area contributed by atoms with Gasteiger partial charge in [0.2, 0.25) is 11.7 Å². The first-order valence-corrected chi connectivity index (χ1v) is 5.35. The van der Waals surface area contributed by atoms with Gasteiger partial charge in [0.25, 0.3) is 0 Å². The smallest absolute Gasteiger partial charge is 0.228 e. The number of nitriles is 1. The number of anilines is 2. The highest BCUT2D eigenvalue weighted by atomic mass is 16.1. The summed E-state index contributed by atoms with van der Waals surface area (Å²) in [6.45, 7) is 0. The van der Waals surface area contributed by atoms with Gasteiger partial charge in [-0.3, -0.25) is 9.36 Å². The lowest BCUT2D eigenvalue weighted by atomic mass is 10.1. The number of aromatic nitrogens is 2. The largest absolute Gasteiger partial charge is 0.397 e. The quantitative estimate of drug-likeness (QED) is 0.720. The van der Waals surface area contributed by atoms with Crippen LogP contribution in [0.5, 0.6) is 0 Å². The summed E-state index contributed by atoms with van der Waals surface area (Å²) in [6.07, 6.45) is 3.53. The summed E-state index contributed by atoms with van der Waals surface area (Å²) >= 11 is 0. The van der Waals surface area contributed by atoms with Gasteiger partial charge in [-0.1, -0.05) is 0 Å². The van der Waals surface area contributed by atoms with E-state index in [0.29, 0.717) is 17.8 Å². The van der Waals surface area contributed by atoms with Crippen LogP contribution in [0.4, 0.5) is 11.4 Å². The summed E-state index contributed by atoms with van der Waals surface area (Å²) in [5, 5.41) is 11.7. The van der Waals surface area contributed by atoms with Crippen molar-refractivity contribution in [1.29, 1.82) is 5.26 Å². The molecule has 0 atom stereocenters. The normalized spacial score (nSPS) is 12.9. The third-order valence-corrected chi connectivity index (χ3v) is 2.88. The highest BCUT2D eigenvalue weighted by Crippen LogP contribution is 2.30. The second-order valence-electron chi connectivity index (χ2n) is 4.03. The Hall–Kier alpha value is -2.81. The Morgan fingerprint density at radius 2 is 2.33 bits per heavy atom. The van der Waals surface area contributed by atoms with E-state index in [2.05, 4.69) is 10.3 Å². The number of nitrogen functional groups attached to an aromatic ring is 1. The van der Waals surface area contributed by atoms with Crippen molar-refractivity contribution < 1.29 is 4.79 Å². The minimum atomic E-state index is -0.0484. The van der Waals surface area contributed by atoms with Gasteiger partial charge in [0.1, 0.15) is 6.07 Å². The van der Waals surface area contributed by atoms with Crippen LogP contribution < -0.4 is 11.1 Å². The van der Waals surface area contributed by atoms with Crippen molar-refractivity contribution in [2.75, 3.05) is 11.1 Å². The van der Waals surface area contributed by atoms with Crippen molar-refractivity contribution >= 4 is 17.3 Å². The van der Waals surface area contributed by atoms with Gasteiger partial charge in [-0.05, 0) is 17.7 Å². The van der Waals surface area contributed by atoms with Crippen molar-refractivity contribution in [2.24, 2.45) is 0 Å². The second kappa shape index (κ2) is 3.60. The van der Waals surface area contributed by atoms with Crippen molar-refractivity contribution in [3.05, 3.63) is 35.9 Å². The van der Waals surface area contributed by atoms with E-state index in [1.54, 1.807) is 22.9 Å². The number of amides is 1. The van der Waals surface area contributed by atoms with Gasteiger partial charge < -0.3 is 11.1 Å². The average molecular weight is 239 g/mol. The maximum Gasteiger partial charge on any atom is 0.228 e. The number of nitrogens with one attached hydrogen (secondary N) is 1. The van der Waals surface area contributed by atoms with Crippen LogP contribution in [-0.2, 0) is 11.2 Å². The molecule has 0 spiro atoms. The number of nitrogens with two attached hydrogens (primary N) is 1. The maximum absolute atomic E-state index is 11.3. The Labute approximate surface area is 103 Å². The third kappa shape index (κ3) is 1.42. The molecule has 2 heterocycles. The number of hydrogen-bond donors (Lipinski definition) is 2. The SMILES string of the molecule is N#Cc1nccn1-c1cc2c(cc1N)CC(=O)N2. The van der Waals surface area contributed by atoms with Crippen molar-refractivity contribution in [1.82, 2.24) is 9.55 Å². The van der Waals surface area contributed by atoms with Crippen molar-refractivity contribution in [3.8, 4) is 11.8 Å². The Balaban J connectivity index is 2.18. The molecule has 1 aliphatic heterocycles. The van der Waals surface area contributed by atoms with Crippen LogP contribution in [0.1, 0.15) is 11.4 Å². The van der Waals surface area contributed by atoms with Crippen molar-refractivity contribution in [3.63, 3.8) is 0 Å². The van der Waals surface area contributed by atoms with E-state index in [1.807, 2.05) is 6.07 Å². The molecule has 1 aromatic heterocycles. The van der Waals surface area contributed by atoms with E-state index in [0.717, 1.165) is 11.3 Å². The molecule has 0 saturated carbocycles. The Morgan fingerprint density at radius 3 is 3.11 bits per heavy atom. The molecular weight excluding hydrogens is 230 g/mol. The minimum absolute atomic E-state index is 0.0484. The molecule has 0 bridgehead atoms. The molecule has 1 amide bonds. The first kappa shape index (κ1) is 10.4. The first-order chi connectivity index (χ1) is 8.69. The molecule has 1 aromatic carbocycles. The van der Waals surface area contributed by atoms with E-state index < -0.39 is 0 Å². The summed E-state index contributed by atoms with van der Waals surface area (Å²) in [4.78, 5) is 15.2. The van der Waals surface area contributed by atoms with Gasteiger partial charge in [-0.15, -0.1) is 0 Å². The van der Waals surface area contributed by atoms with Crippen LogP contribution in [0.25, 0.3) is 5.69 Å². The lowest BCUT2D eigenvalue weighted by Gasteiger charge is -2.10. The summed E-state index contributed by atoms with van der Waals surface area (Å²) in [5.41, 5.74) is 8.73. The van der Waals surface area contributed by atoms with Crippen molar-refractivity contribution in [2.45, 2.75) is 6.42 Å². The minimum Gasteiger partial charge on any atom is -0.397 e. The van der Waals surface area contributed by atoms with E-state index in [9.17, 15) is 4.79 Å². The topological polar surface area (TPSA) is 96.7 Å². The zero-order valence-electron chi connectivity index (χ0n) is 9.34. The van der Waals surface area contributed by atoms with E-state index in [4.69, 9.17) is 11.0 Å². The number of nitrogens with zero attached hydrogens (tertiary/aromatic N) is 3. The number of benzene rings is 1. The summed E-state index contributed by atoms with van der Waals surface area (Å²) in [7, 11) is 0. The number of fused-ring (bicyclic) bond motifs is 1. The van der Waals surface area contributed by atoms with Gasteiger partial charge in [-0.2, -0.15) is 5.26 Å². The molecule has 2 aromatic rings. The monoisotopic (exact) mass is 239 g/mol. The summed E-state index contributed by atoms with van der Waals surface area (Å²) < 4.78 is 1.60. The molecule has 3 rings (SSSR count). The van der Waals surface area contributed by atoms with Gasteiger partial charge >= 0.3 is 0 Å². The maximum atomic E-state index is 11.3. The summed E-state index contributed by atoms with van der Waals surface area (Å²) in [5.74, 6) is 0.207. The fourth-order valence-corrected chi connectivity index (χ4v) is 2.07. The highest BCUT2D eigenvalue weighted by Gasteiger charge is 2.20. The molecule has 0 saturated heterocycles. The fraction of sp³-hybridized carbons (Fsp3) is 0.0833. The van der Waals surface area contributed by atoms with Crippen LogP contribution in [0, 0.1) is 11.3 Å². The predicted molar refractivity (Wildman–Crippen MR) is 65.0 cm³/mol. The number of hydrogen-bond acceptors (Lipinski definition) is 4. The van der Waals surface area contributed by atoms with Gasteiger partial charge in [0.15, 0.2) is 0 Å². The standard InChI is InChI=1S/C12H9N5O/c13-6-11-15-1-2-17(11)10-5-9-7(3-8(10)14)4-12(18)16-9/h1-3,5H,4,14H2,(H,16,18). The zero-order chi connectivity index (χ0) is 12.7. The molecule has 0 aliphatic carbocycles. The van der Waals surface area contributed by atoms with E-state index in [1.165, 1.54) is 6.20 Å². The first-order valence-electron chi connectivity index (χ1n) is 5.35. The van der Waals surface area contributed by atoms with Crippen LogP contribution in [-0.4, -0.2) is 15.5 Å². The number of carbonyl (C=O) groups is 1. The van der Waals surface area contributed by atoms with Gasteiger partial charge in [-0.25, -0.2) is 4.98 Å². The number of imidazole rings is 1. The molecule has 88 valence electrons. The molecule has 1 aliphatic rings. The van der Waals surface area contributed by atoms with Gasteiger partial charge in [0, 0.05) is 18.1 Å². The second-order valence-corrected chi connectivity index (χ2v) is 4.03. The number of rotatable bonds is 1. The molecule has 18 heavy (non-hydrogen) atoms. The van der Waals surface area contributed by atoms with Crippen LogP contribution in [0.3, 0.4) is 0 Å². The molecular formula is C12H9N5O. The zero-order valence-corrected chi connectivity index (χ0v) is 9.34. The number of carbonyl (C=O) groups excluding carboxylic acids is 1. The molecule has 0 radical (unpaired) electrons. The Kier molecular flexibility index (Phi) is 2.07. The molecule has 3 N–H and O–H groups in total. The van der Waals surface area contributed by atoms with Crippen LogP contribution >= 0.6 is 0 Å². The highest BCUT2D eigenvalue weighted by molar-refractivity contribution is 6.00. The van der Waals surface area contributed by atoms with E-state index >= 15 is 0 Å². The fourth-order valence-electron chi connectivity index (χ4n) is 2.07. The Bertz CT molecular complexity index is 695. The van der Waals surface area contributed by atoms with Gasteiger partial charge in [0.05, 0.1) is 17.8 Å². The third-order valence-electron chi connectivity index (χ3n) is 2.88. The lowest BCUT2D eigenvalue weighted by Crippen LogP contribution is -2.04. The Morgan fingerprint density at radius 1 is 1.50 bits per heavy atom. The van der Waals surface area contributed by atoms with Crippen LogP contribution in [0.15, 0.2) is 24.5 Å². The predicted octanol–water partition coefficient (Wildman–Crippen LogP) is 0.821. The molecule has 0 unspecified atom stereocenters. The molecule has 0 fully saturated rings. The summed E-state index contributed by atoms with van der Waals surface area (Å²) in [6, 6.07) is 5.50. The molecule has 6 nitrogen and oxygen atoms in total.